The van der Waals surface area contributed by atoms with E-state index in [1.807, 2.05) is 6.92 Å². The van der Waals surface area contributed by atoms with Crippen LogP contribution < -0.4 is 10.6 Å². The maximum absolute atomic E-state index is 13.0. The maximum Gasteiger partial charge on any atom is 0.274 e. The summed E-state index contributed by atoms with van der Waals surface area (Å²) in [6.45, 7) is 1.86. The quantitative estimate of drug-likeness (QED) is 0.678. The van der Waals surface area contributed by atoms with Crippen LogP contribution in [0.2, 0.25) is 5.02 Å². The Balaban J connectivity index is 1.76. The third-order valence-electron chi connectivity index (χ3n) is 3.56. The number of halogens is 2. The third kappa shape index (κ3) is 4.33. The van der Waals surface area contributed by atoms with Gasteiger partial charge in [0.2, 0.25) is 0 Å². The summed E-state index contributed by atoms with van der Waals surface area (Å²) in [5, 5.41) is 6.53. The van der Waals surface area contributed by atoms with Gasteiger partial charge < -0.3 is 10.6 Å². The predicted octanol–water partition coefficient (Wildman–Crippen LogP) is 5.18. The number of hydrogen-bond acceptors (Lipinski definition) is 3. The summed E-state index contributed by atoms with van der Waals surface area (Å²) in [6.07, 6.45) is 1.54. The minimum Gasteiger partial charge on any atom is -0.355 e. The number of rotatable bonds is 4. The molecule has 1 aromatic heterocycles. The zero-order valence-corrected chi connectivity index (χ0v) is 14.1. The first kappa shape index (κ1) is 16.9. The van der Waals surface area contributed by atoms with Gasteiger partial charge in [-0.15, -0.1) is 0 Å². The maximum atomic E-state index is 13.0. The number of nitrogens with zero attached hydrogens (tertiary/aromatic N) is 1. The number of hydrogen-bond donors (Lipinski definition) is 2. The lowest BCUT2D eigenvalue weighted by Crippen LogP contribution is -2.14. The van der Waals surface area contributed by atoms with Crippen LogP contribution in [0, 0.1) is 12.7 Å². The fraction of sp³-hybridized carbons (Fsp3) is 0.0526. The number of pyridine rings is 1. The summed E-state index contributed by atoms with van der Waals surface area (Å²) >= 11 is 5.92. The number of nitrogens with one attached hydrogen (secondary N) is 2. The number of aromatic nitrogens is 1. The molecule has 3 rings (SSSR count). The van der Waals surface area contributed by atoms with Gasteiger partial charge in [0.05, 0.1) is 0 Å². The average molecular weight is 356 g/mol. The minimum absolute atomic E-state index is 0.265. The summed E-state index contributed by atoms with van der Waals surface area (Å²) in [7, 11) is 0. The Morgan fingerprint density at radius 3 is 2.52 bits per heavy atom. The molecular formula is C19H15ClFN3O. The minimum atomic E-state index is -0.326. The first-order valence-electron chi connectivity index (χ1n) is 7.57. The van der Waals surface area contributed by atoms with Crippen LogP contribution in [0.15, 0.2) is 60.8 Å². The average Bonchev–Trinajstić information content (AvgIpc) is 2.60. The molecular weight excluding hydrogens is 341 g/mol. The molecule has 0 aliphatic carbocycles. The van der Waals surface area contributed by atoms with E-state index in [1.165, 1.54) is 18.3 Å². The second-order valence-electron chi connectivity index (χ2n) is 5.48. The van der Waals surface area contributed by atoms with Crippen LogP contribution in [0.25, 0.3) is 0 Å². The topological polar surface area (TPSA) is 54.0 Å². The Morgan fingerprint density at radius 2 is 1.80 bits per heavy atom. The van der Waals surface area contributed by atoms with Gasteiger partial charge in [0.15, 0.2) is 0 Å². The van der Waals surface area contributed by atoms with Gasteiger partial charge in [-0.25, -0.2) is 4.39 Å². The Hall–Kier alpha value is -2.92. The number of carbonyl (C=O) groups excluding carboxylic acids is 1. The normalized spacial score (nSPS) is 10.4. The summed E-state index contributed by atoms with van der Waals surface area (Å²) < 4.78 is 13.0. The fourth-order valence-electron chi connectivity index (χ4n) is 2.29. The molecule has 0 radical (unpaired) electrons. The fourth-order valence-corrected chi connectivity index (χ4v) is 2.51. The van der Waals surface area contributed by atoms with E-state index in [-0.39, 0.29) is 17.4 Å². The standard InChI is InChI=1S/C19H15ClFN3O/c1-12-10-13(20)2-7-17(12)24-19(25)18-11-16(8-9-22-18)23-15-5-3-14(21)4-6-15/h2-11H,1H3,(H,22,23)(H,24,25). The molecule has 0 bridgehead atoms. The van der Waals surface area contributed by atoms with E-state index in [0.29, 0.717) is 22.1 Å². The van der Waals surface area contributed by atoms with E-state index in [9.17, 15) is 9.18 Å². The van der Waals surface area contributed by atoms with Crippen molar-refractivity contribution in [1.82, 2.24) is 4.98 Å². The predicted molar refractivity (Wildman–Crippen MR) is 98.1 cm³/mol. The molecule has 0 aliphatic heterocycles. The van der Waals surface area contributed by atoms with Crippen molar-refractivity contribution in [1.29, 1.82) is 0 Å². The van der Waals surface area contributed by atoms with Crippen LogP contribution >= 0.6 is 11.6 Å². The van der Waals surface area contributed by atoms with Crippen molar-refractivity contribution >= 4 is 34.6 Å². The Labute approximate surface area is 149 Å². The van der Waals surface area contributed by atoms with Crippen LogP contribution in [-0.2, 0) is 0 Å². The zero-order valence-electron chi connectivity index (χ0n) is 13.4. The first-order valence-corrected chi connectivity index (χ1v) is 7.95. The lowest BCUT2D eigenvalue weighted by Gasteiger charge is -2.10. The highest BCUT2D eigenvalue weighted by molar-refractivity contribution is 6.30. The molecule has 0 saturated carbocycles. The van der Waals surface area contributed by atoms with Crippen molar-refractivity contribution in [2.75, 3.05) is 10.6 Å². The van der Waals surface area contributed by atoms with Crippen molar-refractivity contribution in [3.8, 4) is 0 Å². The smallest absolute Gasteiger partial charge is 0.274 e. The van der Waals surface area contributed by atoms with Crippen LogP contribution in [0.1, 0.15) is 16.1 Å². The van der Waals surface area contributed by atoms with Crippen molar-refractivity contribution in [2.24, 2.45) is 0 Å². The molecule has 1 heterocycles. The van der Waals surface area contributed by atoms with Gasteiger partial charge in [0.25, 0.3) is 5.91 Å². The molecule has 0 atom stereocenters. The highest BCUT2D eigenvalue weighted by atomic mass is 35.5. The molecule has 0 spiro atoms. The second-order valence-corrected chi connectivity index (χ2v) is 5.91. The van der Waals surface area contributed by atoms with Crippen LogP contribution in [0.4, 0.5) is 21.5 Å². The van der Waals surface area contributed by atoms with Gasteiger partial charge in [0, 0.05) is 28.3 Å². The molecule has 0 unspecified atom stereocenters. The molecule has 2 N–H and O–H groups in total. The molecule has 25 heavy (non-hydrogen) atoms. The summed E-state index contributed by atoms with van der Waals surface area (Å²) in [5.74, 6) is -0.633. The van der Waals surface area contributed by atoms with Gasteiger partial charge in [0.1, 0.15) is 11.5 Å². The Bertz CT molecular complexity index is 913. The molecule has 2 aromatic carbocycles. The monoisotopic (exact) mass is 355 g/mol. The van der Waals surface area contributed by atoms with Crippen molar-refractivity contribution in [3.05, 3.63) is 82.9 Å². The van der Waals surface area contributed by atoms with E-state index in [0.717, 1.165) is 5.56 Å². The molecule has 3 aromatic rings. The largest absolute Gasteiger partial charge is 0.355 e. The molecule has 6 heteroatoms. The van der Waals surface area contributed by atoms with Crippen LogP contribution in [0.3, 0.4) is 0 Å². The molecule has 126 valence electrons. The van der Waals surface area contributed by atoms with Crippen molar-refractivity contribution in [3.63, 3.8) is 0 Å². The SMILES string of the molecule is Cc1cc(Cl)ccc1NC(=O)c1cc(Nc2ccc(F)cc2)ccn1. The molecule has 0 aliphatic rings. The number of carbonyl (C=O) groups is 1. The number of amides is 1. The van der Waals surface area contributed by atoms with Crippen molar-refractivity contribution < 1.29 is 9.18 Å². The van der Waals surface area contributed by atoms with Gasteiger partial charge in [-0.05, 0) is 67.1 Å². The highest BCUT2D eigenvalue weighted by Crippen LogP contribution is 2.21. The van der Waals surface area contributed by atoms with E-state index in [4.69, 9.17) is 11.6 Å². The van der Waals surface area contributed by atoms with Crippen LogP contribution in [-0.4, -0.2) is 10.9 Å². The lowest BCUT2D eigenvalue weighted by atomic mass is 10.2. The van der Waals surface area contributed by atoms with Crippen molar-refractivity contribution in [2.45, 2.75) is 6.92 Å². The first-order chi connectivity index (χ1) is 12.0. The number of aryl methyl sites for hydroxylation is 1. The number of benzene rings is 2. The zero-order chi connectivity index (χ0) is 17.8. The van der Waals surface area contributed by atoms with Gasteiger partial charge >= 0.3 is 0 Å². The molecule has 0 saturated heterocycles. The van der Waals surface area contributed by atoms with Crippen LogP contribution in [0.5, 0.6) is 0 Å². The van der Waals surface area contributed by atoms with E-state index < -0.39 is 0 Å². The summed E-state index contributed by atoms with van der Waals surface area (Å²) in [5.41, 5.74) is 3.20. The molecule has 0 fully saturated rings. The molecule has 4 nitrogen and oxygen atoms in total. The van der Waals surface area contributed by atoms with E-state index >= 15 is 0 Å². The summed E-state index contributed by atoms with van der Waals surface area (Å²) in [4.78, 5) is 16.5. The van der Waals surface area contributed by atoms with Gasteiger partial charge in [-0.2, -0.15) is 0 Å². The van der Waals surface area contributed by atoms with E-state index in [1.54, 1.807) is 42.5 Å². The third-order valence-corrected chi connectivity index (χ3v) is 3.80. The Kier molecular flexibility index (Phi) is 4.95. The summed E-state index contributed by atoms with van der Waals surface area (Å²) in [6, 6.07) is 14.6. The number of anilines is 3. The molecule has 1 amide bonds. The second kappa shape index (κ2) is 7.32. The highest BCUT2D eigenvalue weighted by Gasteiger charge is 2.10. The Morgan fingerprint density at radius 1 is 1.04 bits per heavy atom. The van der Waals surface area contributed by atoms with Gasteiger partial charge in [-0.3, -0.25) is 9.78 Å². The van der Waals surface area contributed by atoms with Gasteiger partial charge in [-0.1, -0.05) is 11.6 Å². The van der Waals surface area contributed by atoms with E-state index in [2.05, 4.69) is 15.6 Å². The lowest BCUT2D eigenvalue weighted by molar-refractivity contribution is 0.102.